The Bertz CT molecular complexity index is 874. The monoisotopic (exact) mass is 367 g/mol. The zero-order valence-corrected chi connectivity index (χ0v) is 15.3. The number of nitrogens with zero attached hydrogens (tertiary/aromatic N) is 5. The second-order valence-electron chi connectivity index (χ2n) is 6.88. The van der Waals surface area contributed by atoms with Crippen molar-refractivity contribution in [2.24, 2.45) is 0 Å². The van der Waals surface area contributed by atoms with E-state index in [0.29, 0.717) is 30.9 Å². The number of aromatic nitrogens is 5. The highest BCUT2D eigenvalue weighted by molar-refractivity contribution is 5.84. The summed E-state index contributed by atoms with van der Waals surface area (Å²) in [5.41, 5.74) is 2.65. The summed E-state index contributed by atoms with van der Waals surface area (Å²) in [5.74, 6) is 1.20. The van der Waals surface area contributed by atoms with Crippen LogP contribution in [0.1, 0.15) is 43.7 Å². The Morgan fingerprint density at radius 2 is 2.04 bits per heavy atom. The quantitative estimate of drug-likeness (QED) is 0.590. The first kappa shape index (κ1) is 17.7. The van der Waals surface area contributed by atoms with E-state index in [1.54, 1.807) is 6.20 Å². The van der Waals surface area contributed by atoms with Crippen LogP contribution in [0.5, 0.6) is 0 Å². The van der Waals surface area contributed by atoms with Crippen LogP contribution in [0.15, 0.2) is 30.9 Å². The van der Waals surface area contributed by atoms with E-state index < -0.39 is 0 Å². The van der Waals surface area contributed by atoms with Gasteiger partial charge in [0, 0.05) is 31.5 Å². The van der Waals surface area contributed by atoms with Gasteiger partial charge in [-0.3, -0.25) is 4.98 Å². The summed E-state index contributed by atoms with van der Waals surface area (Å²) in [4.78, 5) is 18.0. The van der Waals surface area contributed by atoms with Gasteiger partial charge in [0.15, 0.2) is 17.0 Å². The van der Waals surface area contributed by atoms with Crippen LogP contribution >= 0.6 is 0 Å². The molecule has 0 atom stereocenters. The van der Waals surface area contributed by atoms with Gasteiger partial charge in [-0.2, -0.15) is 9.97 Å². The fourth-order valence-electron chi connectivity index (χ4n) is 3.60. The van der Waals surface area contributed by atoms with Crippen molar-refractivity contribution < 1.29 is 5.11 Å². The number of aliphatic hydroxyl groups excluding tert-OH is 1. The lowest BCUT2D eigenvalue weighted by atomic mass is 9.95. The lowest BCUT2D eigenvalue weighted by Crippen LogP contribution is -2.14. The summed E-state index contributed by atoms with van der Waals surface area (Å²) in [5, 5.41) is 15.6. The van der Waals surface area contributed by atoms with Gasteiger partial charge in [-0.25, -0.2) is 4.98 Å². The van der Waals surface area contributed by atoms with Gasteiger partial charge in [-0.1, -0.05) is 25.3 Å². The molecule has 0 bridgehead atoms. The molecule has 0 aliphatic heterocycles. The molecule has 1 fully saturated rings. The van der Waals surface area contributed by atoms with Crippen molar-refractivity contribution in [3.05, 3.63) is 36.4 Å². The Kier molecular flexibility index (Phi) is 5.43. The van der Waals surface area contributed by atoms with Gasteiger partial charge in [-0.15, -0.1) is 0 Å². The largest absolute Gasteiger partial charge is 0.395 e. The molecule has 142 valence electrons. The van der Waals surface area contributed by atoms with Crippen molar-refractivity contribution in [1.29, 1.82) is 0 Å². The Morgan fingerprint density at radius 3 is 2.81 bits per heavy atom. The number of anilines is 2. The Morgan fingerprint density at radius 1 is 1.15 bits per heavy atom. The average Bonchev–Trinajstić information content (AvgIpc) is 3.16. The third-order valence-corrected chi connectivity index (χ3v) is 4.97. The van der Waals surface area contributed by atoms with Crippen molar-refractivity contribution in [2.45, 2.75) is 44.7 Å². The smallest absolute Gasteiger partial charge is 0.227 e. The lowest BCUT2D eigenvalue weighted by Gasteiger charge is -2.23. The molecule has 3 aromatic rings. The fraction of sp³-hybridized carbons (Fsp3) is 0.474. The number of pyridine rings is 1. The molecule has 3 heterocycles. The van der Waals surface area contributed by atoms with Crippen LogP contribution in [-0.4, -0.2) is 42.8 Å². The fourth-order valence-corrected chi connectivity index (χ4v) is 3.60. The minimum absolute atomic E-state index is 0.0350. The molecule has 0 saturated heterocycles. The maximum absolute atomic E-state index is 9.18. The van der Waals surface area contributed by atoms with Crippen LogP contribution < -0.4 is 10.6 Å². The molecule has 8 nitrogen and oxygen atoms in total. The summed E-state index contributed by atoms with van der Waals surface area (Å²) in [6.45, 7) is 1.05. The average molecular weight is 367 g/mol. The van der Waals surface area contributed by atoms with Crippen LogP contribution in [0.2, 0.25) is 0 Å². The molecule has 0 radical (unpaired) electrons. The summed E-state index contributed by atoms with van der Waals surface area (Å²) >= 11 is 0. The number of hydrogen-bond donors (Lipinski definition) is 3. The molecular weight excluding hydrogens is 342 g/mol. The first-order chi connectivity index (χ1) is 13.3. The normalized spacial score (nSPS) is 15.1. The van der Waals surface area contributed by atoms with E-state index in [1.807, 2.05) is 24.7 Å². The summed E-state index contributed by atoms with van der Waals surface area (Å²) < 4.78 is 2.19. The van der Waals surface area contributed by atoms with Gasteiger partial charge < -0.3 is 20.3 Å². The van der Waals surface area contributed by atoms with Crippen LogP contribution in [0.3, 0.4) is 0 Å². The van der Waals surface area contributed by atoms with E-state index in [4.69, 9.17) is 4.98 Å². The molecule has 1 aliphatic carbocycles. The lowest BCUT2D eigenvalue weighted by molar-refractivity contribution is 0.311. The van der Waals surface area contributed by atoms with E-state index in [2.05, 4.69) is 30.2 Å². The van der Waals surface area contributed by atoms with Crippen molar-refractivity contribution in [1.82, 2.24) is 24.5 Å². The molecule has 0 spiro atoms. The van der Waals surface area contributed by atoms with E-state index in [-0.39, 0.29) is 6.61 Å². The maximum atomic E-state index is 9.18. The molecular formula is C19H25N7O. The highest BCUT2D eigenvalue weighted by atomic mass is 16.3. The van der Waals surface area contributed by atoms with E-state index in [1.165, 1.54) is 19.3 Å². The van der Waals surface area contributed by atoms with Crippen molar-refractivity contribution >= 4 is 22.9 Å². The third kappa shape index (κ3) is 4.00. The van der Waals surface area contributed by atoms with Crippen LogP contribution in [0.25, 0.3) is 11.2 Å². The maximum Gasteiger partial charge on any atom is 0.227 e. The molecule has 0 amide bonds. The molecule has 4 rings (SSSR count). The van der Waals surface area contributed by atoms with Gasteiger partial charge in [0.1, 0.15) is 0 Å². The molecule has 3 N–H and O–H groups in total. The summed E-state index contributed by atoms with van der Waals surface area (Å²) in [6, 6.07) is 4.36. The molecule has 3 aromatic heterocycles. The van der Waals surface area contributed by atoms with Crippen molar-refractivity contribution in [2.75, 3.05) is 23.8 Å². The number of rotatable bonds is 7. The second kappa shape index (κ2) is 8.30. The molecule has 0 aromatic carbocycles. The first-order valence-corrected chi connectivity index (χ1v) is 9.57. The molecule has 1 aliphatic rings. The zero-order chi connectivity index (χ0) is 18.5. The highest BCUT2D eigenvalue weighted by Crippen LogP contribution is 2.31. The summed E-state index contributed by atoms with van der Waals surface area (Å²) in [6.07, 6.45) is 11.6. The third-order valence-electron chi connectivity index (χ3n) is 4.97. The number of hydrogen-bond acceptors (Lipinski definition) is 7. The zero-order valence-electron chi connectivity index (χ0n) is 15.3. The predicted octanol–water partition coefficient (Wildman–Crippen LogP) is 2.74. The number of fused-ring (bicyclic) bond motifs is 1. The molecule has 0 unspecified atom stereocenters. The number of aliphatic hydroxyl groups is 1. The van der Waals surface area contributed by atoms with E-state index in [9.17, 15) is 5.11 Å². The van der Waals surface area contributed by atoms with Crippen LogP contribution in [-0.2, 0) is 6.54 Å². The number of imidazole rings is 1. The molecule has 8 heteroatoms. The highest BCUT2D eigenvalue weighted by Gasteiger charge is 2.20. The Hall–Kier alpha value is -2.74. The first-order valence-electron chi connectivity index (χ1n) is 9.57. The van der Waals surface area contributed by atoms with E-state index >= 15 is 0 Å². The van der Waals surface area contributed by atoms with E-state index in [0.717, 1.165) is 29.6 Å². The van der Waals surface area contributed by atoms with Gasteiger partial charge >= 0.3 is 0 Å². The summed E-state index contributed by atoms with van der Waals surface area (Å²) in [7, 11) is 0. The van der Waals surface area contributed by atoms with Crippen LogP contribution in [0, 0.1) is 0 Å². The number of nitrogens with one attached hydrogen (secondary N) is 2. The topological polar surface area (TPSA) is 101 Å². The Balaban J connectivity index is 1.65. The predicted molar refractivity (Wildman–Crippen MR) is 105 cm³/mol. The van der Waals surface area contributed by atoms with Gasteiger partial charge in [-0.05, 0) is 24.5 Å². The second-order valence-corrected chi connectivity index (χ2v) is 6.88. The SMILES string of the molecule is OCCNc1nc(NCc2cccnc2)nc2c1ncn2C1CCCCC1. The van der Waals surface area contributed by atoms with Crippen LogP contribution in [0.4, 0.5) is 11.8 Å². The van der Waals surface area contributed by atoms with Crippen molar-refractivity contribution in [3.8, 4) is 0 Å². The van der Waals surface area contributed by atoms with Crippen molar-refractivity contribution in [3.63, 3.8) is 0 Å². The van der Waals surface area contributed by atoms with Gasteiger partial charge in [0.05, 0.1) is 12.9 Å². The standard InChI is InChI=1S/C19H25N7O/c27-10-9-21-17-16-18(26(13-23-16)15-6-2-1-3-7-15)25-19(24-17)22-12-14-5-4-8-20-11-14/h4-5,8,11,13,15,27H,1-3,6-7,9-10,12H2,(H2,21,22,24,25). The molecule has 27 heavy (non-hydrogen) atoms. The minimum Gasteiger partial charge on any atom is -0.395 e. The Labute approximate surface area is 158 Å². The minimum atomic E-state index is 0.0350. The molecule has 1 saturated carbocycles. The van der Waals surface area contributed by atoms with Gasteiger partial charge in [0.25, 0.3) is 0 Å². The van der Waals surface area contributed by atoms with Gasteiger partial charge in [0.2, 0.25) is 5.95 Å².